The molecule has 1 saturated heterocycles. The Morgan fingerprint density at radius 2 is 1.85 bits per heavy atom. The van der Waals surface area contributed by atoms with Gasteiger partial charge in [0.05, 0.1) is 18.8 Å². The molecule has 3 heterocycles. The number of rotatable bonds is 6. The Morgan fingerprint density at radius 3 is 2.58 bits per heavy atom. The van der Waals surface area contributed by atoms with Gasteiger partial charge in [0.15, 0.2) is 0 Å². The number of methoxy groups -OCH3 is 1. The van der Waals surface area contributed by atoms with Crippen LogP contribution in [0.5, 0.6) is 5.75 Å². The lowest BCUT2D eigenvalue weighted by atomic mass is 9.92. The minimum absolute atomic E-state index is 0.241. The number of nitrogens with zero attached hydrogens (tertiary/aromatic N) is 5. The highest BCUT2D eigenvalue weighted by molar-refractivity contribution is 5.69. The van der Waals surface area contributed by atoms with Crippen LogP contribution >= 0.6 is 0 Å². The molecule has 0 spiro atoms. The first-order valence-electron chi connectivity index (χ1n) is 11.7. The summed E-state index contributed by atoms with van der Waals surface area (Å²) >= 11 is 0. The summed E-state index contributed by atoms with van der Waals surface area (Å²) in [6.45, 7) is 8.36. The number of hydrogen-bond acceptors (Lipinski definition) is 6. The van der Waals surface area contributed by atoms with E-state index >= 15 is 0 Å². The minimum Gasteiger partial charge on any atom is -0.496 e. The van der Waals surface area contributed by atoms with E-state index in [1.54, 1.807) is 7.11 Å². The van der Waals surface area contributed by atoms with Crippen LogP contribution in [0.1, 0.15) is 53.3 Å². The third-order valence-corrected chi connectivity index (χ3v) is 6.67. The Bertz CT molecular complexity index is 1130. The molecular weight excluding hydrogens is 410 g/mol. The largest absolute Gasteiger partial charge is 0.496 e. The standard InChI is InChI=1S/C27H35N5O/c1-18-14-25(33-6)19(2)13-21(18)17-32-12-8-7-9-24(32)26-23(16-29-27(30-26)31(4)5)22-10-11-28-15-20(22)3/h10-11,13-16,24H,7-9,12,17H2,1-6H3/t24-/m1/s1. The Balaban J connectivity index is 1.77. The Morgan fingerprint density at radius 1 is 1.03 bits per heavy atom. The Hall–Kier alpha value is -2.99. The molecule has 6 nitrogen and oxygen atoms in total. The number of piperidine rings is 1. The van der Waals surface area contributed by atoms with E-state index in [-0.39, 0.29) is 6.04 Å². The number of likely N-dealkylation sites (tertiary alicyclic amines) is 1. The topological polar surface area (TPSA) is 54.4 Å². The first-order chi connectivity index (χ1) is 15.9. The number of ether oxygens (including phenoxy) is 1. The number of anilines is 1. The first kappa shape index (κ1) is 23.2. The summed E-state index contributed by atoms with van der Waals surface area (Å²) in [6, 6.07) is 6.75. The Kier molecular flexibility index (Phi) is 6.94. The molecule has 0 unspecified atom stereocenters. The third-order valence-electron chi connectivity index (χ3n) is 6.67. The summed E-state index contributed by atoms with van der Waals surface area (Å²) in [6.07, 6.45) is 9.28. The average molecular weight is 446 g/mol. The molecular formula is C27H35N5O. The normalized spacial score (nSPS) is 16.6. The van der Waals surface area contributed by atoms with Gasteiger partial charge in [-0.25, -0.2) is 9.97 Å². The van der Waals surface area contributed by atoms with Gasteiger partial charge in [0.25, 0.3) is 0 Å². The van der Waals surface area contributed by atoms with Crippen molar-refractivity contribution in [2.45, 2.75) is 52.6 Å². The second-order valence-corrected chi connectivity index (χ2v) is 9.28. The maximum atomic E-state index is 5.53. The van der Waals surface area contributed by atoms with E-state index in [1.807, 2.05) is 37.6 Å². The van der Waals surface area contributed by atoms with Gasteiger partial charge in [-0.1, -0.05) is 12.5 Å². The van der Waals surface area contributed by atoms with Crippen molar-refractivity contribution in [3.63, 3.8) is 0 Å². The number of hydrogen-bond donors (Lipinski definition) is 0. The smallest absolute Gasteiger partial charge is 0.225 e. The van der Waals surface area contributed by atoms with E-state index in [4.69, 9.17) is 9.72 Å². The maximum Gasteiger partial charge on any atom is 0.225 e. The highest BCUT2D eigenvalue weighted by Crippen LogP contribution is 2.38. The van der Waals surface area contributed by atoms with Gasteiger partial charge < -0.3 is 9.64 Å². The van der Waals surface area contributed by atoms with Crippen LogP contribution in [-0.4, -0.2) is 47.6 Å². The summed E-state index contributed by atoms with van der Waals surface area (Å²) in [5, 5.41) is 0. The fourth-order valence-electron chi connectivity index (χ4n) is 4.79. The van der Waals surface area contributed by atoms with Crippen molar-refractivity contribution in [3.8, 4) is 16.9 Å². The predicted molar refractivity (Wildman–Crippen MR) is 134 cm³/mol. The van der Waals surface area contributed by atoms with Gasteiger partial charge in [-0.2, -0.15) is 0 Å². The van der Waals surface area contributed by atoms with Crippen LogP contribution < -0.4 is 9.64 Å². The van der Waals surface area contributed by atoms with Gasteiger partial charge in [-0.15, -0.1) is 0 Å². The van der Waals surface area contributed by atoms with E-state index in [0.717, 1.165) is 53.6 Å². The van der Waals surface area contributed by atoms with Crippen LogP contribution in [0, 0.1) is 20.8 Å². The molecule has 0 bridgehead atoms. The van der Waals surface area contributed by atoms with Crippen molar-refractivity contribution in [2.24, 2.45) is 0 Å². The molecule has 1 fully saturated rings. The zero-order chi connectivity index (χ0) is 23.5. The SMILES string of the molecule is COc1cc(C)c(CN2CCCC[C@@H]2c2nc(N(C)C)ncc2-c2ccncc2C)cc1C. The third kappa shape index (κ3) is 4.86. The van der Waals surface area contributed by atoms with E-state index < -0.39 is 0 Å². The minimum atomic E-state index is 0.241. The molecule has 174 valence electrons. The van der Waals surface area contributed by atoms with E-state index in [9.17, 15) is 0 Å². The van der Waals surface area contributed by atoms with Crippen molar-refractivity contribution >= 4 is 5.95 Å². The zero-order valence-corrected chi connectivity index (χ0v) is 20.7. The van der Waals surface area contributed by atoms with E-state index in [0.29, 0.717) is 0 Å². The second-order valence-electron chi connectivity index (χ2n) is 9.28. The molecule has 0 amide bonds. The molecule has 1 aromatic carbocycles. The fourth-order valence-corrected chi connectivity index (χ4v) is 4.79. The monoisotopic (exact) mass is 445 g/mol. The van der Waals surface area contributed by atoms with Crippen LogP contribution in [0.3, 0.4) is 0 Å². The average Bonchev–Trinajstić information content (AvgIpc) is 2.81. The zero-order valence-electron chi connectivity index (χ0n) is 20.7. The van der Waals surface area contributed by atoms with Crippen molar-refractivity contribution in [3.05, 3.63) is 64.7 Å². The van der Waals surface area contributed by atoms with E-state index in [2.05, 4.69) is 53.8 Å². The summed E-state index contributed by atoms with van der Waals surface area (Å²) in [5.41, 5.74) is 8.32. The first-order valence-corrected chi connectivity index (χ1v) is 11.7. The van der Waals surface area contributed by atoms with Crippen LogP contribution in [0.2, 0.25) is 0 Å². The second kappa shape index (κ2) is 9.87. The highest BCUT2D eigenvalue weighted by atomic mass is 16.5. The Labute approximate surface area is 197 Å². The van der Waals surface area contributed by atoms with Gasteiger partial charge in [0.1, 0.15) is 5.75 Å². The van der Waals surface area contributed by atoms with Crippen LogP contribution in [0.4, 0.5) is 5.95 Å². The van der Waals surface area contributed by atoms with Crippen molar-refractivity contribution in [2.75, 3.05) is 32.6 Å². The lowest BCUT2D eigenvalue weighted by molar-refractivity contribution is 0.137. The molecule has 33 heavy (non-hydrogen) atoms. The van der Waals surface area contributed by atoms with Crippen LogP contribution in [0.15, 0.2) is 36.8 Å². The highest BCUT2D eigenvalue weighted by Gasteiger charge is 2.29. The fraction of sp³-hybridized carbons (Fsp3) is 0.444. The molecule has 4 rings (SSSR count). The lowest BCUT2D eigenvalue weighted by Crippen LogP contribution is -2.34. The van der Waals surface area contributed by atoms with Crippen molar-refractivity contribution < 1.29 is 4.74 Å². The molecule has 1 atom stereocenters. The number of pyridine rings is 1. The molecule has 1 aliphatic rings. The van der Waals surface area contributed by atoms with Gasteiger partial charge >= 0.3 is 0 Å². The van der Waals surface area contributed by atoms with Crippen LogP contribution in [-0.2, 0) is 6.54 Å². The molecule has 2 aromatic heterocycles. The quantitative estimate of drug-likeness (QED) is 0.515. The summed E-state index contributed by atoms with van der Waals surface area (Å²) < 4.78 is 5.53. The van der Waals surface area contributed by atoms with Gasteiger partial charge in [-0.3, -0.25) is 9.88 Å². The number of benzene rings is 1. The summed E-state index contributed by atoms with van der Waals surface area (Å²) in [4.78, 5) is 18.6. The molecule has 0 aliphatic carbocycles. The molecule has 6 heteroatoms. The van der Waals surface area contributed by atoms with Crippen LogP contribution in [0.25, 0.3) is 11.1 Å². The summed E-state index contributed by atoms with van der Waals surface area (Å²) in [5.74, 6) is 1.70. The number of aryl methyl sites for hydroxylation is 3. The van der Waals surface area contributed by atoms with Crippen molar-refractivity contribution in [1.29, 1.82) is 0 Å². The van der Waals surface area contributed by atoms with E-state index in [1.165, 1.54) is 29.5 Å². The molecule has 0 radical (unpaired) electrons. The van der Waals surface area contributed by atoms with Gasteiger partial charge in [-0.05, 0) is 80.1 Å². The predicted octanol–water partition coefficient (Wildman–Crippen LogP) is 5.27. The molecule has 0 N–H and O–H groups in total. The molecule has 1 aliphatic heterocycles. The molecule has 3 aromatic rings. The van der Waals surface area contributed by atoms with Gasteiger partial charge in [0, 0.05) is 44.8 Å². The van der Waals surface area contributed by atoms with Crippen molar-refractivity contribution in [1.82, 2.24) is 19.9 Å². The summed E-state index contributed by atoms with van der Waals surface area (Å²) in [7, 11) is 5.74. The van der Waals surface area contributed by atoms with Gasteiger partial charge in [0.2, 0.25) is 5.95 Å². The number of aromatic nitrogens is 3. The molecule has 0 saturated carbocycles. The maximum absolute atomic E-state index is 5.53. The lowest BCUT2D eigenvalue weighted by Gasteiger charge is -2.37.